The summed E-state index contributed by atoms with van der Waals surface area (Å²) < 4.78 is 9.91. The highest BCUT2D eigenvalue weighted by Crippen LogP contribution is 1.74. The van der Waals surface area contributed by atoms with Crippen molar-refractivity contribution in [2.24, 2.45) is 0 Å². The Kier molecular flexibility index (Phi) is 7.77. The largest absolute Gasteiger partial charge is 0.410 e. The minimum absolute atomic E-state index is 0.482. The van der Waals surface area contributed by atoms with E-state index in [0.717, 1.165) is 0 Å². The van der Waals surface area contributed by atoms with Crippen molar-refractivity contribution in [1.29, 1.82) is 0 Å². The quantitative estimate of drug-likeness (QED) is 0.420. The summed E-state index contributed by atoms with van der Waals surface area (Å²) in [5.41, 5.74) is 2.00. The van der Waals surface area contributed by atoms with E-state index in [9.17, 15) is 0 Å². The van der Waals surface area contributed by atoms with E-state index in [0.29, 0.717) is 23.0 Å². The molecular formula is C6H12O2Si. The van der Waals surface area contributed by atoms with E-state index >= 15 is 0 Å². The second-order valence-corrected chi connectivity index (χ2v) is 2.32. The first-order chi connectivity index (χ1) is 4.41. The SMILES string of the molecule is C/C=C/[Si]OCCOC. The lowest BCUT2D eigenvalue weighted by atomic mass is 10.8. The molecule has 0 spiro atoms. The lowest BCUT2D eigenvalue weighted by Crippen LogP contribution is -2.03. The zero-order valence-corrected chi connectivity index (χ0v) is 6.89. The molecule has 2 radical (unpaired) electrons. The summed E-state index contributed by atoms with van der Waals surface area (Å²) in [5.74, 6) is 0. The van der Waals surface area contributed by atoms with Crippen molar-refractivity contribution in [1.82, 2.24) is 0 Å². The van der Waals surface area contributed by atoms with Gasteiger partial charge in [-0.2, -0.15) is 0 Å². The van der Waals surface area contributed by atoms with Crippen LogP contribution in [0.25, 0.3) is 0 Å². The van der Waals surface area contributed by atoms with E-state index in [4.69, 9.17) is 9.16 Å². The monoisotopic (exact) mass is 144 g/mol. The van der Waals surface area contributed by atoms with Crippen LogP contribution in [-0.2, 0) is 9.16 Å². The van der Waals surface area contributed by atoms with Gasteiger partial charge in [0, 0.05) is 7.11 Å². The molecule has 0 saturated carbocycles. The molecule has 0 aliphatic rings. The molecule has 0 N–H and O–H groups in total. The Morgan fingerprint density at radius 3 is 2.78 bits per heavy atom. The zero-order chi connectivity index (χ0) is 6.95. The lowest BCUT2D eigenvalue weighted by molar-refractivity contribution is 0.150. The fraction of sp³-hybridized carbons (Fsp3) is 0.667. The summed E-state index contributed by atoms with van der Waals surface area (Å²) in [5, 5.41) is 0. The van der Waals surface area contributed by atoms with Gasteiger partial charge in [-0.05, 0) is 6.92 Å². The smallest absolute Gasteiger partial charge is 0.260 e. The van der Waals surface area contributed by atoms with Gasteiger partial charge < -0.3 is 9.16 Å². The molecule has 0 aliphatic heterocycles. The molecule has 0 aromatic rings. The second kappa shape index (κ2) is 7.88. The van der Waals surface area contributed by atoms with Gasteiger partial charge in [-0.25, -0.2) is 0 Å². The third-order valence-corrected chi connectivity index (χ3v) is 1.55. The van der Waals surface area contributed by atoms with Crippen LogP contribution in [0.1, 0.15) is 6.92 Å². The highest BCUT2D eigenvalue weighted by Gasteiger charge is 1.82. The maximum atomic E-state index is 5.13. The van der Waals surface area contributed by atoms with E-state index < -0.39 is 0 Å². The van der Waals surface area contributed by atoms with E-state index in [1.807, 2.05) is 18.7 Å². The number of hydrogen-bond acceptors (Lipinski definition) is 2. The van der Waals surface area contributed by atoms with Crippen LogP contribution in [-0.4, -0.2) is 30.1 Å². The molecule has 0 aromatic carbocycles. The number of hydrogen-bond donors (Lipinski definition) is 0. The Labute approximate surface area is 58.8 Å². The topological polar surface area (TPSA) is 18.5 Å². The predicted octanol–water partition coefficient (Wildman–Crippen LogP) is 0.802. The van der Waals surface area contributed by atoms with E-state index in [2.05, 4.69) is 0 Å². The van der Waals surface area contributed by atoms with Gasteiger partial charge in [0.2, 0.25) is 0 Å². The number of ether oxygens (including phenoxy) is 1. The van der Waals surface area contributed by atoms with Crippen molar-refractivity contribution in [2.75, 3.05) is 20.3 Å². The Morgan fingerprint density at radius 2 is 2.22 bits per heavy atom. The molecule has 0 unspecified atom stereocenters. The van der Waals surface area contributed by atoms with Gasteiger partial charge >= 0.3 is 0 Å². The van der Waals surface area contributed by atoms with Crippen LogP contribution in [0.3, 0.4) is 0 Å². The van der Waals surface area contributed by atoms with Crippen molar-refractivity contribution >= 4 is 9.76 Å². The molecule has 0 fully saturated rings. The first kappa shape index (κ1) is 8.88. The first-order valence-electron chi connectivity index (χ1n) is 2.89. The zero-order valence-electron chi connectivity index (χ0n) is 5.89. The summed E-state index contributed by atoms with van der Waals surface area (Å²) in [4.78, 5) is 0. The van der Waals surface area contributed by atoms with Crippen LogP contribution in [0.5, 0.6) is 0 Å². The average molecular weight is 144 g/mol. The minimum atomic E-state index is 0.482. The molecule has 2 nitrogen and oxygen atoms in total. The maximum absolute atomic E-state index is 5.13. The van der Waals surface area contributed by atoms with Gasteiger partial charge in [0.15, 0.2) is 0 Å². The van der Waals surface area contributed by atoms with Crippen molar-refractivity contribution in [3.63, 3.8) is 0 Å². The van der Waals surface area contributed by atoms with Gasteiger partial charge in [-0.3, -0.25) is 0 Å². The van der Waals surface area contributed by atoms with E-state index in [-0.39, 0.29) is 0 Å². The minimum Gasteiger partial charge on any atom is -0.410 e. The van der Waals surface area contributed by atoms with Crippen molar-refractivity contribution in [2.45, 2.75) is 6.92 Å². The summed E-state index contributed by atoms with van der Waals surface area (Å²) in [6.45, 7) is 3.36. The van der Waals surface area contributed by atoms with Crippen LogP contribution in [0.4, 0.5) is 0 Å². The first-order valence-corrected chi connectivity index (χ1v) is 3.87. The van der Waals surface area contributed by atoms with E-state index in [1.54, 1.807) is 7.11 Å². The number of methoxy groups -OCH3 is 1. The molecule has 0 aliphatic carbocycles. The van der Waals surface area contributed by atoms with Gasteiger partial charge in [0.05, 0.1) is 13.2 Å². The molecule has 9 heavy (non-hydrogen) atoms. The number of rotatable bonds is 5. The number of allylic oxidation sites excluding steroid dienone is 1. The van der Waals surface area contributed by atoms with Crippen molar-refractivity contribution < 1.29 is 9.16 Å². The van der Waals surface area contributed by atoms with Crippen LogP contribution >= 0.6 is 0 Å². The molecule has 0 heterocycles. The van der Waals surface area contributed by atoms with E-state index in [1.165, 1.54) is 0 Å². The fourth-order valence-electron chi connectivity index (χ4n) is 0.300. The third-order valence-electron chi connectivity index (χ3n) is 0.708. The molecule has 3 heteroatoms. The summed E-state index contributed by atoms with van der Waals surface area (Å²) in [6.07, 6.45) is 1.98. The van der Waals surface area contributed by atoms with Crippen LogP contribution in [0, 0.1) is 0 Å². The molecule has 0 saturated heterocycles. The van der Waals surface area contributed by atoms with Crippen LogP contribution in [0.2, 0.25) is 0 Å². The van der Waals surface area contributed by atoms with Crippen molar-refractivity contribution in [3.05, 3.63) is 11.8 Å². The van der Waals surface area contributed by atoms with Gasteiger partial charge in [-0.1, -0.05) is 11.8 Å². The Balaban J connectivity index is 2.75. The summed E-state index contributed by atoms with van der Waals surface area (Å²) in [7, 11) is 2.15. The third kappa shape index (κ3) is 7.88. The summed E-state index contributed by atoms with van der Waals surface area (Å²) in [6, 6.07) is 0. The standard InChI is InChI=1S/C6H12O2Si/c1-3-6-9-8-5-4-7-2/h3,6H,4-5H2,1-2H3/b6-3+. The average Bonchev–Trinajstić information content (AvgIpc) is 1.89. The second-order valence-electron chi connectivity index (χ2n) is 1.46. The molecule has 0 bridgehead atoms. The van der Waals surface area contributed by atoms with Crippen LogP contribution in [0.15, 0.2) is 11.8 Å². The normalized spacial score (nSPS) is 10.9. The van der Waals surface area contributed by atoms with Gasteiger partial charge in [-0.15, -0.1) is 0 Å². The molecule has 0 amide bonds. The predicted molar refractivity (Wildman–Crippen MR) is 38.4 cm³/mol. The van der Waals surface area contributed by atoms with Crippen molar-refractivity contribution in [3.8, 4) is 0 Å². The van der Waals surface area contributed by atoms with Gasteiger partial charge in [0.1, 0.15) is 0 Å². The summed E-state index contributed by atoms with van der Waals surface area (Å²) >= 11 is 0. The van der Waals surface area contributed by atoms with Gasteiger partial charge in [0.25, 0.3) is 9.76 Å². The Bertz CT molecular complexity index is 73.5. The molecule has 52 valence electrons. The maximum Gasteiger partial charge on any atom is 0.260 e. The molecular weight excluding hydrogens is 132 g/mol. The Hall–Kier alpha value is -0.123. The Morgan fingerprint density at radius 1 is 1.44 bits per heavy atom. The lowest BCUT2D eigenvalue weighted by Gasteiger charge is -1.96. The highest BCUT2D eigenvalue weighted by molar-refractivity contribution is 6.34. The fourth-order valence-corrected chi connectivity index (χ4v) is 0.734. The molecule has 0 aromatic heterocycles. The highest BCUT2D eigenvalue weighted by atomic mass is 28.2. The molecule has 0 atom stereocenters. The van der Waals surface area contributed by atoms with Crippen LogP contribution < -0.4 is 0 Å². The molecule has 0 rings (SSSR count).